The van der Waals surface area contributed by atoms with Crippen molar-refractivity contribution in [1.29, 1.82) is 0 Å². The van der Waals surface area contributed by atoms with Crippen LogP contribution in [0.15, 0.2) is 53.5 Å². The molecule has 2 aromatic carbocycles. The van der Waals surface area contributed by atoms with Crippen LogP contribution in [0.1, 0.15) is 36.5 Å². The highest BCUT2D eigenvalue weighted by atomic mass is 19.1. The van der Waals surface area contributed by atoms with Gasteiger partial charge in [-0.2, -0.15) is 0 Å². The van der Waals surface area contributed by atoms with Crippen molar-refractivity contribution < 1.29 is 9.13 Å². The molecule has 1 saturated heterocycles. The van der Waals surface area contributed by atoms with Gasteiger partial charge >= 0.3 is 0 Å². The van der Waals surface area contributed by atoms with Crippen LogP contribution in [-0.2, 0) is 16.7 Å². The Labute approximate surface area is 167 Å². The molecule has 3 rings (SSSR count). The number of ether oxygens (including phenoxy) is 1. The standard InChI is InChI=1S/C23H30FN3O/c1-3-25-22(26-16-19-9-10-21(24)18(2)15-19)27-17-23(11-13-28-14-12-23)20-7-5-4-6-8-20/h4-10,15H,3,11-14,16-17H2,1-2H3,(H2,25,26,27). The average Bonchev–Trinajstić information content (AvgIpc) is 2.74. The predicted molar refractivity (Wildman–Crippen MR) is 112 cm³/mol. The number of halogens is 1. The highest BCUT2D eigenvalue weighted by Gasteiger charge is 2.34. The minimum absolute atomic E-state index is 0.0438. The van der Waals surface area contributed by atoms with E-state index in [-0.39, 0.29) is 11.2 Å². The minimum atomic E-state index is -0.179. The van der Waals surface area contributed by atoms with Gasteiger partial charge in [0.15, 0.2) is 5.96 Å². The van der Waals surface area contributed by atoms with Crippen LogP contribution >= 0.6 is 0 Å². The van der Waals surface area contributed by atoms with Gasteiger partial charge in [0.05, 0.1) is 6.54 Å². The second-order valence-electron chi connectivity index (χ2n) is 7.39. The number of benzene rings is 2. The molecule has 2 N–H and O–H groups in total. The van der Waals surface area contributed by atoms with Gasteiger partial charge in [0.2, 0.25) is 0 Å². The number of rotatable bonds is 6. The Bertz CT molecular complexity index is 786. The van der Waals surface area contributed by atoms with Crippen molar-refractivity contribution in [3.63, 3.8) is 0 Å². The summed E-state index contributed by atoms with van der Waals surface area (Å²) >= 11 is 0. The van der Waals surface area contributed by atoms with E-state index >= 15 is 0 Å². The van der Waals surface area contributed by atoms with Gasteiger partial charge in [-0.15, -0.1) is 0 Å². The molecule has 0 bridgehead atoms. The zero-order chi connectivity index (χ0) is 19.8. The largest absolute Gasteiger partial charge is 0.381 e. The number of hydrogen-bond acceptors (Lipinski definition) is 2. The lowest BCUT2D eigenvalue weighted by molar-refractivity contribution is 0.0514. The summed E-state index contributed by atoms with van der Waals surface area (Å²) in [6.45, 7) is 7.49. The lowest BCUT2D eigenvalue weighted by atomic mass is 9.74. The Morgan fingerprint density at radius 1 is 1.11 bits per heavy atom. The molecule has 1 fully saturated rings. The molecule has 150 valence electrons. The molecule has 4 nitrogen and oxygen atoms in total. The van der Waals surface area contributed by atoms with Crippen LogP contribution in [0.2, 0.25) is 0 Å². The smallest absolute Gasteiger partial charge is 0.191 e. The zero-order valence-corrected chi connectivity index (χ0v) is 16.8. The van der Waals surface area contributed by atoms with Gasteiger partial charge in [0.1, 0.15) is 5.82 Å². The fourth-order valence-corrected chi connectivity index (χ4v) is 3.69. The summed E-state index contributed by atoms with van der Waals surface area (Å²) in [4.78, 5) is 4.70. The molecule has 0 amide bonds. The van der Waals surface area contributed by atoms with Crippen LogP contribution < -0.4 is 10.6 Å². The summed E-state index contributed by atoms with van der Waals surface area (Å²) in [7, 11) is 0. The van der Waals surface area contributed by atoms with E-state index in [0.29, 0.717) is 12.1 Å². The third-order valence-electron chi connectivity index (χ3n) is 5.42. The first-order chi connectivity index (χ1) is 13.6. The van der Waals surface area contributed by atoms with Crippen LogP contribution in [0.3, 0.4) is 0 Å². The van der Waals surface area contributed by atoms with Crippen molar-refractivity contribution in [3.8, 4) is 0 Å². The maximum Gasteiger partial charge on any atom is 0.191 e. The first-order valence-electron chi connectivity index (χ1n) is 10.0. The summed E-state index contributed by atoms with van der Waals surface area (Å²) in [5, 5.41) is 6.86. The molecular weight excluding hydrogens is 353 g/mol. The summed E-state index contributed by atoms with van der Waals surface area (Å²) in [5.74, 6) is 0.605. The van der Waals surface area contributed by atoms with E-state index in [9.17, 15) is 4.39 Å². The first-order valence-corrected chi connectivity index (χ1v) is 10.0. The Hall–Kier alpha value is -2.40. The third kappa shape index (κ3) is 5.10. The molecule has 1 aliphatic rings. The molecule has 0 unspecified atom stereocenters. The lowest BCUT2D eigenvalue weighted by Crippen LogP contribution is -2.48. The van der Waals surface area contributed by atoms with E-state index in [4.69, 9.17) is 9.73 Å². The monoisotopic (exact) mass is 383 g/mol. The Kier molecular flexibility index (Phi) is 7.04. The maximum absolute atomic E-state index is 13.5. The molecule has 0 aliphatic carbocycles. The van der Waals surface area contributed by atoms with E-state index in [1.165, 1.54) is 11.6 Å². The Balaban J connectivity index is 1.72. The fourth-order valence-electron chi connectivity index (χ4n) is 3.69. The van der Waals surface area contributed by atoms with Gasteiger partial charge in [-0.25, -0.2) is 9.38 Å². The highest BCUT2D eigenvalue weighted by molar-refractivity contribution is 5.79. The Morgan fingerprint density at radius 3 is 2.54 bits per heavy atom. The summed E-state index contributed by atoms with van der Waals surface area (Å²) < 4.78 is 19.1. The molecule has 0 atom stereocenters. The molecule has 0 spiro atoms. The van der Waals surface area contributed by atoms with Gasteiger partial charge < -0.3 is 15.4 Å². The first kappa shape index (κ1) is 20.3. The van der Waals surface area contributed by atoms with Crippen LogP contribution in [-0.4, -0.2) is 32.3 Å². The second kappa shape index (κ2) is 9.69. The number of nitrogens with zero attached hydrogens (tertiary/aromatic N) is 1. The SMILES string of the molecule is CCNC(=NCc1ccc(F)c(C)c1)NCC1(c2ccccc2)CCOCC1. The summed E-state index contributed by atoms with van der Waals surface area (Å²) in [6.07, 6.45) is 1.97. The molecule has 1 heterocycles. The van der Waals surface area contributed by atoms with E-state index in [0.717, 1.165) is 50.7 Å². The van der Waals surface area contributed by atoms with Gasteiger partial charge in [0, 0.05) is 31.7 Å². The quantitative estimate of drug-likeness (QED) is 0.587. The van der Waals surface area contributed by atoms with E-state index in [2.05, 4.69) is 47.9 Å². The number of hydrogen-bond donors (Lipinski definition) is 2. The van der Waals surface area contributed by atoms with Crippen LogP contribution in [0.4, 0.5) is 4.39 Å². The van der Waals surface area contributed by atoms with Crippen LogP contribution in [0, 0.1) is 12.7 Å². The molecule has 5 heteroatoms. The van der Waals surface area contributed by atoms with E-state index in [1.54, 1.807) is 13.0 Å². The van der Waals surface area contributed by atoms with Gasteiger partial charge in [-0.1, -0.05) is 42.5 Å². The average molecular weight is 384 g/mol. The molecule has 0 saturated carbocycles. The number of guanidine groups is 1. The maximum atomic E-state index is 13.5. The zero-order valence-electron chi connectivity index (χ0n) is 16.8. The number of aliphatic imine (C=N–C) groups is 1. The van der Waals surface area contributed by atoms with Gasteiger partial charge in [-0.05, 0) is 49.4 Å². The van der Waals surface area contributed by atoms with Crippen LogP contribution in [0.25, 0.3) is 0 Å². The van der Waals surface area contributed by atoms with Gasteiger partial charge in [0.25, 0.3) is 0 Å². The highest BCUT2D eigenvalue weighted by Crippen LogP contribution is 2.34. The van der Waals surface area contributed by atoms with E-state index < -0.39 is 0 Å². The molecule has 0 radical (unpaired) electrons. The molecule has 2 aromatic rings. The van der Waals surface area contributed by atoms with Crippen LogP contribution in [0.5, 0.6) is 0 Å². The van der Waals surface area contributed by atoms with Crippen molar-refractivity contribution >= 4 is 5.96 Å². The van der Waals surface area contributed by atoms with Crippen molar-refractivity contribution in [2.75, 3.05) is 26.3 Å². The lowest BCUT2D eigenvalue weighted by Gasteiger charge is -2.38. The number of aryl methyl sites for hydroxylation is 1. The Morgan fingerprint density at radius 2 is 1.86 bits per heavy atom. The van der Waals surface area contributed by atoms with E-state index in [1.807, 2.05) is 6.07 Å². The minimum Gasteiger partial charge on any atom is -0.381 e. The topological polar surface area (TPSA) is 45.7 Å². The molecular formula is C23H30FN3O. The van der Waals surface area contributed by atoms with Crippen molar-refractivity contribution in [1.82, 2.24) is 10.6 Å². The normalized spacial score (nSPS) is 16.6. The summed E-state index contributed by atoms with van der Waals surface area (Å²) in [5.41, 5.74) is 3.04. The predicted octanol–water partition coefficient (Wildman–Crippen LogP) is 3.94. The molecule has 0 aromatic heterocycles. The van der Waals surface area contributed by atoms with Crippen molar-refractivity contribution in [3.05, 3.63) is 71.0 Å². The molecule has 1 aliphatic heterocycles. The van der Waals surface area contributed by atoms with Gasteiger partial charge in [-0.3, -0.25) is 0 Å². The molecule has 28 heavy (non-hydrogen) atoms. The third-order valence-corrected chi connectivity index (χ3v) is 5.42. The number of nitrogens with one attached hydrogen (secondary N) is 2. The van der Waals surface area contributed by atoms with Crippen molar-refractivity contribution in [2.24, 2.45) is 4.99 Å². The second-order valence-corrected chi connectivity index (χ2v) is 7.39. The summed E-state index contributed by atoms with van der Waals surface area (Å²) in [6, 6.07) is 15.8. The van der Waals surface area contributed by atoms with Crippen molar-refractivity contribution in [2.45, 2.75) is 38.6 Å². The fraction of sp³-hybridized carbons (Fsp3) is 0.435.